The van der Waals surface area contributed by atoms with Crippen molar-refractivity contribution in [3.05, 3.63) is 46.4 Å². The molecule has 3 heteroatoms. The van der Waals surface area contributed by atoms with Gasteiger partial charge in [0, 0.05) is 10.0 Å². The normalized spacial score (nSPS) is 12.1. The van der Waals surface area contributed by atoms with Crippen molar-refractivity contribution in [2.45, 2.75) is 19.8 Å². The zero-order chi connectivity index (χ0) is 13.8. The second-order valence-corrected chi connectivity index (χ2v) is 5.46. The lowest BCUT2D eigenvalue weighted by atomic mass is 9.93. The van der Waals surface area contributed by atoms with Gasteiger partial charge in [-0.15, -0.1) is 0 Å². The highest BCUT2D eigenvalue weighted by Gasteiger charge is 2.18. The van der Waals surface area contributed by atoms with E-state index in [9.17, 15) is 4.79 Å². The number of halogens is 1. The fourth-order valence-corrected chi connectivity index (χ4v) is 2.49. The summed E-state index contributed by atoms with van der Waals surface area (Å²) < 4.78 is 1.01. The molecule has 1 unspecified atom stereocenters. The van der Waals surface area contributed by atoms with E-state index in [1.54, 1.807) is 6.07 Å². The molecule has 0 heterocycles. The van der Waals surface area contributed by atoms with E-state index >= 15 is 0 Å². The molecular weight excluding hydrogens is 302 g/mol. The van der Waals surface area contributed by atoms with Crippen LogP contribution in [-0.2, 0) is 0 Å². The van der Waals surface area contributed by atoms with Gasteiger partial charge in [0.1, 0.15) is 5.92 Å². The zero-order valence-corrected chi connectivity index (χ0v) is 12.3. The monoisotopic (exact) mass is 315 g/mol. The van der Waals surface area contributed by atoms with Gasteiger partial charge in [-0.3, -0.25) is 4.79 Å². The number of carbonyl (C=O) groups is 1. The Hall–Kier alpha value is -1.66. The number of Topliss-reactive ketones (excluding diaryl/α,β-unsaturated/α-hetero) is 1. The van der Waals surface area contributed by atoms with Crippen molar-refractivity contribution in [2.24, 2.45) is 5.92 Å². The maximum absolute atomic E-state index is 12.2. The molecule has 2 aromatic rings. The average Bonchev–Trinajstić information content (AvgIpc) is 2.43. The summed E-state index contributed by atoms with van der Waals surface area (Å²) in [7, 11) is 0. The molecule has 0 aliphatic rings. The number of benzene rings is 2. The predicted octanol–water partition coefficient (Wildman–Crippen LogP) is 4.72. The van der Waals surface area contributed by atoms with Crippen LogP contribution in [0.2, 0.25) is 0 Å². The smallest absolute Gasteiger partial charge is 0.179 e. The van der Waals surface area contributed by atoms with Gasteiger partial charge in [-0.1, -0.05) is 47.5 Å². The molecule has 0 saturated carbocycles. The van der Waals surface area contributed by atoms with Crippen molar-refractivity contribution in [3.63, 3.8) is 0 Å². The summed E-state index contributed by atoms with van der Waals surface area (Å²) in [4.78, 5) is 12.2. The molecule has 0 aromatic heterocycles. The maximum atomic E-state index is 12.2. The third-order valence-electron chi connectivity index (χ3n) is 3.14. The van der Waals surface area contributed by atoms with Crippen LogP contribution in [0.3, 0.4) is 0 Å². The van der Waals surface area contributed by atoms with E-state index in [0.29, 0.717) is 12.0 Å². The Morgan fingerprint density at radius 1 is 1.26 bits per heavy atom. The van der Waals surface area contributed by atoms with Gasteiger partial charge in [-0.25, -0.2) is 0 Å². The number of hydrogen-bond acceptors (Lipinski definition) is 2. The molecular formula is C16H14BrNO. The summed E-state index contributed by atoms with van der Waals surface area (Å²) in [6, 6.07) is 13.6. The topological polar surface area (TPSA) is 40.9 Å². The number of ketones is 1. The highest BCUT2D eigenvalue weighted by Crippen LogP contribution is 2.23. The molecule has 19 heavy (non-hydrogen) atoms. The molecule has 0 fully saturated rings. The van der Waals surface area contributed by atoms with E-state index in [4.69, 9.17) is 5.26 Å². The summed E-state index contributed by atoms with van der Waals surface area (Å²) >= 11 is 3.42. The van der Waals surface area contributed by atoms with Gasteiger partial charge in [-0.2, -0.15) is 5.26 Å². The zero-order valence-electron chi connectivity index (χ0n) is 10.7. The van der Waals surface area contributed by atoms with Crippen molar-refractivity contribution in [2.75, 3.05) is 0 Å². The Morgan fingerprint density at radius 2 is 1.95 bits per heavy atom. The SMILES string of the molecule is CCCC(C#N)C(=O)c1ccc2cc(Br)ccc2c1. The van der Waals surface area contributed by atoms with Crippen molar-refractivity contribution < 1.29 is 4.79 Å². The first-order valence-electron chi connectivity index (χ1n) is 6.29. The van der Waals surface area contributed by atoms with E-state index in [1.807, 2.05) is 37.3 Å². The Kier molecular flexibility index (Phi) is 4.34. The molecule has 0 radical (unpaired) electrons. The number of nitrogens with zero attached hydrogens (tertiary/aromatic N) is 1. The molecule has 2 aromatic carbocycles. The molecule has 0 spiro atoms. The van der Waals surface area contributed by atoms with Crippen LogP contribution in [0.5, 0.6) is 0 Å². The Balaban J connectivity index is 2.38. The first kappa shape index (κ1) is 13.8. The quantitative estimate of drug-likeness (QED) is 0.765. The second-order valence-electron chi connectivity index (χ2n) is 4.54. The lowest BCUT2D eigenvalue weighted by Gasteiger charge is -2.08. The highest BCUT2D eigenvalue weighted by molar-refractivity contribution is 9.10. The van der Waals surface area contributed by atoms with Crippen LogP contribution in [0.15, 0.2) is 40.9 Å². The fraction of sp³-hybridized carbons (Fsp3) is 0.250. The van der Waals surface area contributed by atoms with Gasteiger partial charge in [0.15, 0.2) is 5.78 Å². The number of fused-ring (bicyclic) bond motifs is 1. The molecule has 0 aliphatic carbocycles. The number of nitriles is 1. The molecule has 96 valence electrons. The molecule has 1 atom stereocenters. The van der Waals surface area contributed by atoms with E-state index in [-0.39, 0.29) is 5.78 Å². The van der Waals surface area contributed by atoms with Crippen LogP contribution < -0.4 is 0 Å². The molecule has 2 rings (SSSR count). The number of carbonyl (C=O) groups excluding carboxylic acids is 1. The van der Waals surface area contributed by atoms with Crippen molar-refractivity contribution in [1.29, 1.82) is 5.26 Å². The van der Waals surface area contributed by atoms with E-state index < -0.39 is 5.92 Å². The maximum Gasteiger partial charge on any atom is 0.179 e. The van der Waals surface area contributed by atoms with E-state index in [0.717, 1.165) is 21.7 Å². The minimum absolute atomic E-state index is 0.0748. The lowest BCUT2D eigenvalue weighted by Crippen LogP contribution is -2.12. The lowest BCUT2D eigenvalue weighted by molar-refractivity contribution is 0.0944. The predicted molar refractivity (Wildman–Crippen MR) is 80.0 cm³/mol. The summed E-state index contributed by atoms with van der Waals surface area (Å²) in [6.45, 7) is 1.98. The first-order chi connectivity index (χ1) is 9.15. The molecule has 0 bridgehead atoms. The Bertz CT molecular complexity index is 657. The highest BCUT2D eigenvalue weighted by atomic mass is 79.9. The van der Waals surface area contributed by atoms with Crippen LogP contribution in [0.1, 0.15) is 30.1 Å². The average molecular weight is 316 g/mol. The molecule has 0 amide bonds. The van der Waals surface area contributed by atoms with Crippen molar-refractivity contribution >= 4 is 32.5 Å². The van der Waals surface area contributed by atoms with E-state index in [2.05, 4.69) is 22.0 Å². The van der Waals surface area contributed by atoms with Gasteiger partial charge < -0.3 is 0 Å². The number of hydrogen-bond donors (Lipinski definition) is 0. The van der Waals surface area contributed by atoms with Crippen molar-refractivity contribution in [3.8, 4) is 6.07 Å². The largest absolute Gasteiger partial charge is 0.293 e. The fourth-order valence-electron chi connectivity index (χ4n) is 2.11. The standard InChI is InChI=1S/C16H14BrNO/c1-2-3-14(10-18)16(19)13-5-4-12-9-15(17)7-6-11(12)8-13/h4-9,14H,2-3H2,1H3. The molecule has 0 saturated heterocycles. The van der Waals surface area contributed by atoms with Gasteiger partial charge in [0.25, 0.3) is 0 Å². The molecule has 0 N–H and O–H groups in total. The summed E-state index contributed by atoms with van der Waals surface area (Å²) in [5, 5.41) is 11.2. The van der Waals surface area contributed by atoms with Crippen LogP contribution in [0.4, 0.5) is 0 Å². The van der Waals surface area contributed by atoms with Crippen LogP contribution in [0, 0.1) is 17.2 Å². The van der Waals surface area contributed by atoms with Gasteiger partial charge >= 0.3 is 0 Å². The van der Waals surface area contributed by atoms with Gasteiger partial charge in [0.2, 0.25) is 0 Å². The van der Waals surface area contributed by atoms with Gasteiger partial charge in [0.05, 0.1) is 6.07 Å². The van der Waals surface area contributed by atoms with Crippen molar-refractivity contribution in [1.82, 2.24) is 0 Å². The summed E-state index contributed by atoms with van der Waals surface area (Å²) in [5.74, 6) is -0.605. The Morgan fingerprint density at radius 3 is 2.63 bits per heavy atom. The second kappa shape index (κ2) is 5.99. The van der Waals surface area contributed by atoms with Gasteiger partial charge in [-0.05, 0) is 35.4 Å². The summed E-state index contributed by atoms with van der Waals surface area (Å²) in [5.41, 5.74) is 0.620. The minimum atomic E-state index is -0.530. The molecule has 0 aliphatic heterocycles. The summed E-state index contributed by atoms with van der Waals surface area (Å²) in [6.07, 6.45) is 1.46. The third-order valence-corrected chi connectivity index (χ3v) is 3.63. The van der Waals surface area contributed by atoms with E-state index in [1.165, 1.54) is 0 Å². The van der Waals surface area contributed by atoms with Crippen LogP contribution >= 0.6 is 15.9 Å². The van der Waals surface area contributed by atoms with Crippen LogP contribution in [0.25, 0.3) is 10.8 Å². The minimum Gasteiger partial charge on any atom is -0.293 e. The third kappa shape index (κ3) is 3.02. The first-order valence-corrected chi connectivity index (χ1v) is 7.08. The van der Waals surface area contributed by atoms with Crippen LogP contribution in [-0.4, -0.2) is 5.78 Å². The molecule has 2 nitrogen and oxygen atoms in total. The Labute approximate surface area is 121 Å². The number of rotatable bonds is 4.